The lowest BCUT2D eigenvalue weighted by Gasteiger charge is -2.09. The number of esters is 1. The molecule has 1 heterocycles. The first-order valence-electron chi connectivity index (χ1n) is 7.18. The van der Waals surface area contributed by atoms with E-state index in [4.69, 9.17) is 25.5 Å². The standard InChI is InChI=1S/C18H14BrClO4/c1-10-17(18(21)22-2)13-7-16(14(19)8-15(13)24-10)23-9-11-3-5-12(20)6-4-11/h3-8H,9H2,1-2H3. The summed E-state index contributed by atoms with van der Waals surface area (Å²) in [5, 5.41) is 1.34. The molecule has 0 saturated heterocycles. The second-order valence-electron chi connectivity index (χ2n) is 5.22. The van der Waals surface area contributed by atoms with E-state index in [0.717, 1.165) is 10.0 Å². The van der Waals surface area contributed by atoms with Gasteiger partial charge in [-0.25, -0.2) is 4.79 Å². The molecule has 6 heteroatoms. The van der Waals surface area contributed by atoms with Crippen molar-refractivity contribution in [1.82, 2.24) is 0 Å². The van der Waals surface area contributed by atoms with E-state index in [1.165, 1.54) is 7.11 Å². The van der Waals surface area contributed by atoms with Crippen LogP contribution in [-0.2, 0) is 11.3 Å². The number of furan rings is 1. The predicted molar refractivity (Wildman–Crippen MR) is 95.8 cm³/mol. The third-order valence-electron chi connectivity index (χ3n) is 3.62. The van der Waals surface area contributed by atoms with Gasteiger partial charge in [-0.05, 0) is 52.7 Å². The Labute approximate surface area is 152 Å². The molecule has 124 valence electrons. The number of hydrogen-bond donors (Lipinski definition) is 0. The minimum absolute atomic E-state index is 0.381. The van der Waals surface area contributed by atoms with Crippen LogP contribution in [0.15, 0.2) is 45.3 Å². The Balaban J connectivity index is 1.94. The first kappa shape index (κ1) is 16.9. The highest BCUT2D eigenvalue weighted by Crippen LogP contribution is 2.35. The summed E-state index contributed by atoms with van der Waals surface area (Å²) in [6, 6.07) is 11.0. The number of hydrogen-bond acceptors (Lipinski definition) is 4. The summed E-state index contributed by atoms with van der Waals surface area (Å²) in [6.45, 7) is 2.11. The normalized spacial score (nSPS) is 10.8. The molecule has 0 unspecified atom stereocenters. The van der Waals surface area contributed by atoms with Gasteiger partial charge in [0.15, 0.2) is 0 Å². The van der Waals surface area contributed by atoms with Gasteiger partial charge in [0.25, 0.3) is 0 Å². The topological polar surface area (TPSA) is 48.7 Å². The van der Waals surface area contributed by atoms with Crippen molar-refractivity contribution in [2.24, 2.45) is 0 Å². The Morgan fingerprint density at radius 1 is 1.25 bits per heavy atom. The van der Waals surface area contributed by atoms with E-state index in [-0.39, 0.29) is 0 Å². The molecule has 2 aromatic carbocycles. The lowest BCUT2D eigenvalue weighted by molar-refractivity contribution is 0.0601. The van der Waals surface area contributed by atoms with Gasteiger partial charge < -0.3 is 13.9 Å². The van der Waals surface area contributed by atoms with Crippen molar-refractivity contribution < 1.29 is 18.7 Å². The summed E-state index contributed by atoms with van der Waals surface area (Å²) in [7, 11) is 1.34. The zero-order valence-electron chi connectivity index (χ0n) is 13.1. The monoisotopic (exact) mass is 408 g/mol. The van der Waals surface area contributed by atoms with Crippen molar-refractivity contribution >= 4 is 44.5 Å². The zero-order valence-corrected chi connectivity index (χ0v) is 15.4. The molecule has 0 fully saturated rings. The van der Waals surface area contributed by atoms with Gasteiger partial charge in [0.2, 0.25) is 0 Å². The summed E-state index contributed by atoms with van der Waals surface area (Å²) < 4.78 is 17.1. The fourth-order valence-electron chi connectivity index (χ4n) is 2.43. The fraction of sp³-hybridized carbons (Fsp3) is 0.167. The van der Waals surface area contributed by atoms with Crippen LogP contribution in [0.25, 0.3) is 11.0 Å². The maximum absolute atomic E-state index is 12.0. The van der Waals surface area contributed by atoms with Crippen molar-refractivity contribution in [3.8, 4) is 5.75 Å². The van der Waals surface area contributed by atoms with Gasteiger partial charge in [0.1, 0.15) is 29.3 Å². The molecule has 3 rings (SSSR count). The van der Waals surface area contributed by atoms with E-state index < -0.39 is 5.97 Å². The number of carbonyl (C=O) groups excluding carboxylic acids is 1. The summed E-state index contributed by atoms with van der Waals surface area (Å²) in [5.74, 6) is 0.694. The van der Waals surface area contributed by atoms with E-state index in [0.29, 0.717) is 39.7 Å². The zero-order chi connectivity index (χ0) is 17.3. The number of methoxy groups -OCH3 is 1. The highest BCUT2D eigenvalue weighted by Gasteiger charge is 2.20. The Morgan fingerprint density at radius 2 is 1.96 bits per heavy atom. The molecule has 0 N–H and O–H groups in total. The Bertz CT molecular complexity index is 900. The first-order chi connectivity index (χ1) is 11.5. The minimum Gasteiger partial charge on any atom is -0.488 e. The van der Waals surface area contributed by atoms with Crippen molar-refractivity contribution in [2.45, 2.75) is 13.5 Å². The van der Waals surface area contributed by atoms with E-state index in [2.05, 4.69) is 15.9 Å². The molecule has 0 aliphatic rings. The number of aryl methyl sites for hydroxylation is 1. The predicted octanol–water partition coefficient (Wildman–Crippen LogP) is 5.52. The average molecular weight is 410 g/mol. The molecule has 0 radical (unpaired) electrons. The van der Waals surface area contributed by atoms with Crippen LogP contribution in [0.3, 0.4) is 0 Å². The number of fused-ring (bicyclic) bond motifs is 1. The molecule has 0 bridgehead atoms. The van der Waals surface area contributed by atoms with E-state index >= 15 is 0 Å². The van der Waals surface area contributed by atoms with Crippen LogP contribution in [0.2, 0.25) is 5.02 Å². The number of ether oxygens (including phenoxy) is 2. The number of benzene rings is 2. The molecule has 0 saturated carbocycles. The smallest absolute Gasteiger partial charge is 0.342 e. The quantitative estimate of drug-likeness (QED) is 0.532. The van der Waals surface area contributed by atoms with Crippen molar-refractivity contribution in [3.05, 3.63) is 62.8 Å². The lowest BCUT2D eigenvalue weighted by Crippen LogP contribution is -2.02. The van der Waals surface area contributed by atoms with E-state index in [1.807, 2.05) is 24.3 Å². The third-order valence-corrected chi connectivity index (χ3v) is 4.49. The highest BCUT2D eigenvalue weighted by atomic mass is 79.9. The molecule has 4 nitrogen and oxygen atoms in total. The van der Waals surface area contributed by atoms with Gasteiger partial charge >= 0.3 is 5.97 Å². The van der Waals surface area contributed by atoms with Crippen molar-refractivity contribution in [2.75, 3.05) is 7.11 Å². The SMILES string of the molecule is COC(=O)c1c(C)oc2cc(Br)c(OCc3ccc(Cl)cc3)cc12. The molecule has 24 heavy (non-hydrogen) atoms. The second kappa shape index (κ2) is 6.87. The highest BCUT2D eigenvalue weighted by molar-refractivity contribution is 9.10. The number of rotatable bonds is 4. The van der Waals surface area contributed by atoms with Crippen molar-refractivity contribution in [3.63, 3.8) is 0 Å². The second-order valence-corrected chi connectivity index (χ2v) is 6.51. The fourth-order valence-corrected chi connectivity index (χ4v) is 2.99. The maximum atomic E-state index is 12.0. The van der Waals surface area contributed by atoms with Crippen molar-refractivity contribution in [1.29, 1.82) is 0 Å². The molecule has 3 aromatic rings. The van der Waals surface area contributed by atoms with Gasteiger partial charge in [-0.1, -0.05) is 23.7 Å². The first-order valence-corrected chi connectivity index (χ1v) is 8.35. The largest absolute Gasteiger partial charge is 0.488 e. The van der Waals surface area contributed by atoms with Crippen LogP contribution >= 0.6 is 27.5 Å². The van der Waals surface area contributed by atoms with E-state index in [1.54, 1.807) is 19.1 Å². The Kier molecular flexibility index (Phi) is 4.83. The van der Waals surface area contributed by atoms with Gasteiger partial charge in [-0.2, -0.15) is 0 Å². The molecular weight excluding hydrogens is 396 g/mol. The van der Waals surface area contributed by atoms with Crippen LogP contribution in [-0.4, -0.2) is 13.1 Å². The molecule has 0 aliphatic carbocycles. The maximum Gasteiger partial charge on any atom is 0.342 e. The molecule has 0 spiro atoms. The number of halogens is 2. The van der Waals surface area contributed by atoms with Gasteiger partial charge in [-0.15, -0.1) is 0 Å². The van der Waals surface area contributed by atoms with Crippen LogP contribution in [0.5, 0.6) is 5.75 Å². The third kappa shape index (κ3) is 3.28. The number of carbonyl (C=O) groups is 1. The Hall–Kier alpha value is -1.98. The molecule has 0 aliphatic heterocycles. The van der Waals surface area contributed by atoms with Crippen LogP contribution in [0, 0.1) is 6.92 Å². The van der Waals surface area contributed by atoms with Gasteiger partial charge in [-0.3, -0.25) is 0 Å². The summed E-state index contributed by atoms with van der Waals surface area (Å²) >= 11 is 9.35. The molecular formula is C18H14BrClO4. The van der Waals surface area contributed by atoms with Crippen LogP contribution in [0.4, 0.5) is 0 Å². The summed E-state index contributed by atoms with van der Waals surface area (Å²) in [6.07, 6.45) is 0. The molecule has 1 aromatic heterocycles. The molecule has 0 amide bonds. The van der Waals surface area contributed by atoms with Gasteiger partial charge in [0.05, 0.1) is 11.6 Å². The average Bonchev–Trinajstić information content (AvgIpc) is 2.88. The van der Waals surface area contributed by atoms with Gasteiger partial charge in [0, 0.05) is 10.4 Å². The summed E-state index contributed by atoms with van der Waals surface area (Å²) in [4.78, 5) is 12.0. The lowest BCUT2D eigenvalue weighted by atomic mass is 10.1. The van der Waals surface area contributed by atoms with Crippen LogP contribution < -0.4 is 4.74 Å². The minimum atomic E-state index is -0.433. The van der Waals surface area contributed by atoms with Crippen LogP contribution in [0.1, 0.15) is 21.7 Å². The Morgan fingerprint density at radius 3 is 2.62 bits per heavy atom. The molecule has 0 atom stereocenters. The van der Waals surface area contributed by atoms with E-state index in [9.17, 15) is 4.79 Å². The summed E-state index contributed by atoms with van der Waals surface area (Å²) in [5.41, 5.74) is 2.00.